The van der Waals surface area contributed by atoms with E-state index in [4.69, 9.17) is 0 Å². The molecule has 196 valence electrons. The second-order valence-electron chi connectivity index (χ2n) is 8.87. The van der Waals surface area contributed by atoms with Crippen molar-refractivity contribution in [2.24, 2.45) is 4.99 Å². The van der Waals surface area contributed by atoms with E-state index >= 15 is 0 Å². The van der Waals surface area contributed by atoms with Gasteiger partial charge in [0.2, 0.25) is 11.9 Å². The second kappa shape index (κ2) is 14.6. The molecule has 0 atom stereocenters. The number of rotatable bonds is 5. The van der Waals surface area contributed by atoms with Gasteiger partial charge in [-0.1, -0.05) is 55.5 Å². The van der Waals surface area contributed by atoms with Gasteiger partial charge in [0.25, 0.3) is 0 Å². The van der Waals surface area contributed by atoms with Crippen LogP contribution in [0.4, 0.5) is 10.7 Å². The summed E-state index contributed by atoms with van der Waals surface area (Å²) in [5, 5.41) is 0. The number of carbonyl (C=O) groups excluding carboxylic acids is 1. The number of hydrogen-bond donors (Lipinski definition) is 0. The van der Waals surface area contributed by atoms with Gasteiger partial charge in [-0.2, -0.15) is 0 Å². The molecule has 0 saturated carbocycles. The van der Waals surface area contributed by atoms with Crippen LogP contribution in [-0.4, -0.2) is 59.7 Å². The second-order valence-corrected chi connectivity index (χ2v) is 8.87. The van der Waals surface area contributed by atoms with Crippen molar-refractivity contribution in [3.63, 3.8) is 0 Å². The van der Waals surface area contributed by atoms with Gasteiger partial charge >= 0.3 is 0 Å². The molecule has 1 aliphatic heterocycles. The minimum Gasteiger partial charge on any atom is -0.339 e. The van der Waals surface area contributed by atoms with Crippen molar-refractivity contribution in [1.29, 1.82) is 0 Å². The number of anilines is 1. The lowest BCUT2D eigenvalue weighted by molar-refractivity contribution is -0.131. The van der Waals surface area contributed by atoms with Gasteiger partial charge < -0.3 is 9.80 Å². The molecule has 0 spiro atoms. The largest absolute Gasteiger partial charge is 0.339 e. The van der Waals surface area contributed by atoms with Gasteiger partial charge in [-0.3, -0.25) is 14.5 Å². The maximum Gasteiger partial charge on any atom is 0.225 e. The van der Waals surface area contributed by atoms with Crippen LogP contribution in [0.25, 0.3) is 5.57 Å². The van der Waals surface area contributed by atoms with Crippen LogP contribution in [0.3, 0.4) is 0 Å². The molecule has 0 N–H and O–H groups in total. The van der Waals surface area contributed by atoms with Gasteiger partial charge in [0.05, 0.1) is 5.71 Å². The SMILES string of the molecule is CCC(=O)N1CCN(c2ncccn2)CC1.CN=C(/C=C(\C)c1ccc(C)c(C)c1)c1ccccc1.F. The van der Waals surface area contributed by atoms with Crippen LogP contribution in [0.15, 0.2) is 78.1 Å². The van der Waals surface area contributed by atoms with Crippen LogP contribution in [-0.2, 0) is 4.79 Å². The molecule has 1 aliphatic rings. The molecule has 1 amide bonds. The van der Waals surface area contributed by atoms with Crippen molar-refractivity contribution in [2.45, 2.75) is 34.1 Å². The number of hydrogen-bond acceptors (Lipinski definition) is 5. The molecular weight excluding hydrogens is 465 g/mol. The molecular formula is C30H38FN5O. The van der Waals surface area contributed by atoms with Gasteiger partial charge in [0.15, 0.2) is 0 Å². The molecule has 7 heteroatoms. The summed E-state index contributed by atoms with van der Waals surface area (Å²) in [4.78, 5) is 28.3. The number of piperazine rings is 1. The smallest absolute Gasteiger partial charge is 0.225 e. The first-order valence-corrected chi connectivity index (χ1v) is 12.5. The topological polar surface area (TPSA) is 61.7 Å². The van der Waals surface area contributed by atoms with E-state index in [2.05, 4.69) is 77.0 Å². The fourth-order valence-electron chi connectivity index (χ4n) is 3.99. The van der Waals surface area contributed by atoms with Crippen LogP contribution in [0.5, 0.6) is 0 Å². The average Bonchev–Trinajstić information content (AvgIpc) is 2.94. The fraction of sp³-hybridized carbons (Fsp3) is 0.333. The van der Waals surface area contributed by atoms with Gasteiger partial charge in [-0.15, -0.1) is 0 Å². The predicted molar refractivity (Wildman–Crippen MR) is 152 cm³/mol. The summed E-state index contributed by atoms with van der Waals surface area (Å²) in [6, 6.07) is 18.7. The number of aromatic nitrogens is 2. The van der Waals surface area contributed by atoms with Crippen molar-refractivity contribution in [1.82, 2.24) is 14.9 Å². The Hall–Kier alpha value is -3.87. The summed E-state index contributed by atoms with van der Waals surface area (Å²) in [5.41, 5.74) is 7.31. The molecule has 37 heavy (non-hydrogen) atoms. The van der Waals surface area contributed by atoms with Gasteiger partial charge in [-0.25, -0.2) is 9.97 Å². The molecule has 0 bridgehead atoms. The van der Waals surface area contributed by atoms with Crippen molar-refractivity contribution >= 4 is 23.1 Å². The van der Waals surface area contributed by atoms with E-state index in [0.717, 1.165) is 43.4 Å². The lowest BCUT2D eigenvalue weighted by Gasteiger charge is -2.34. The minimum absolute atomic E-state index is 0. The Balaban J connectivity index is 0.000000259. The molecule has 0 aliphatic carbocycles. The van der Waals surface area contributed by atoms with E-state index in [9.17, 15) is 4.79 Å². The Labute approximate surface area is 220 Å². The maximum atomic E-state index is 11.5. The zero-order valence-corrected chi connectivity index (χ0v) is 22.5. The highest BCUT2D eigenvalue weighted by molar-refractivity contribution is 6.12. The van der Waals surface area contributed by atoms with Crippen LogP contribution in [0, 0.1) is 13.8 Å². The number of amides is 1. The van der Waals surface area contributed by atoms with Gasteiger partial charge in [0, 0.05) is 52.0 Å². The Morgan fingerprint density at radius 1 is 0.919 bits per heavy atom. The summed E-state index contributed by atoms with van der Waals surface area (Å²) in [7, 11) is 1.84. The van der Waals surface area contributed by atoms with E-state index < -0.39 is 0 Å². The standard InChI is InChI=1S/C19H21N.C11H16N4O.FH/c1-14-10-11-18(12-15(14)2)16(3)13-19(20-4)17-8-6-5-7-9-17;1-2-10(16)14-6-8-15(9-7-14)11-12-4-3-5-13-11;/h5-13H,1-4H3;3-5H,2,6-9H2,1H3;1H/b16-13+,20-19?;;. The zero-order valence-electron chi connectivity index (χ0n) is 22.5. The third-order valence-corrected chi connectivity index (χ3v) is 6.40. The molecule has 2 aromatic carbocycles. The summed E-state index contributed by atoms with van der Waals surface area (Å²) < 4.78 is 0. The van der Waals surface area contributed by atoms with E-state index in [1.165, 1.54) is 22.3 Å². The van der Waals surface area contributed by atoms with Crippen molar-refractivity contribution < 1.29 is 9.50 Å². The van der Waals surface area contributed by atoms with E-state index in [1.807, 2.05) is 37.1 Å². The maximum absolute atomic E-state index is 11.5. The molecule has 1 fully saturated rings. The first-order valence-electron chi connectivity index (χ1n) is 12.5. The summed E-state index contributed by atoms with van der Waals surface area (Å²) in [5.74, 6) is 0.986. The Bertz CT molecular complexity index is 1190. The number of aryl methyl sites for hydroxylation is 2. The highest BCUT2D eigenvalue weighted by Crippen LogP contribution is 2.19. The predicted octanol–water partition coefficient (Wildman–Crippen LogP) is 5.51. The van der Waals surface area contributed by atoms with E-state index in [-0.39, 0.29) is 10.6 Å². The van der Waals surface area contributed by atoms with Crippen molar-refractivity contribution in [3.05, 3.63) is 95.3 Å². The normalized spacial score (nSPS) is 13.9. The number of halogens is 1. The van der Waals surface area contributed by atoms with Crippen molar-refractivity contribution in [2.75, 3.05) is 38.1 Å². The third kappa shape index (κ3) is 8.34. The first-order chi connectivity index (χ1) is 17.4. The molecule has 0 unspecified atom stereocenters. The molecule has 0 radical (unpaired) electrons. The lowest BCUT2D eigenvalue weighted by atomic mass is 9.99. The van der Waals surface area contributed by atoms with Gasteiger partial charge in [-0.05, 0) is 60.7 Å². The Kier molecular flexibility index (Phi) is 11.6. The summed E-state index contributed by atoms with van der Waals surface area (Å²) in [6.07, 6.45) is 6.22. The zero-order chi connectivity index (χ0) is 25.9. The summed E-state index contributed by atoms with van der Waals surface area (Å²) in [6.45, 7) is 11.5. The van der Waals surface area contributed by atoms with Crippen LogP contribution >= 0.6 is 0 Å². The van der Waals surface area contributed by atoms with E-state index in [1.54, 1.807) is 18.5 Å². The molecule has 4 rings (SSSR count). The Morgan fingerprint density at radius 2 is 1.57 bits per heavy atom. The first kappa shape index (κ1) is 29.4. The number of benzene rings is 2. The molecule has 1 saturated heterocycles. The average molecular weight is 504 g/mol. The number of nitrogens with zero attached hydrogens (tertiary/aromatic N) is 5. The quantitative estimate of drug-likeness (QED) is 0.431. The summed E-state index contributed by atoms with van der Waals surface area (Å²) >= 11 is 0. The number of carbonyl (C=O) groups is 1. The third-order valence-electron chi connectivity index (χ3n) is 6.40. The fourth-order valence-corrected chi connectivity index (χ4v) is 3.99. The highest BCUT2D eigenvalue weighted by Gasteiger charge is 2.21. The molecule has 1 aromatic heterocycles. The molecule has 2 heterocycles. The Morgan fingerprint density at radius 3 is 2.14 bits per heavy atom. The lowest BCUT2D eigenvalue weighted by Crippen LogP contribution is -2.49. The van der Waals surface area contributed by atoms with Gasteiger partial charge in [0.1, 0.15) is 0 Å². The van der Waals surface area contributed by atoms with Crippen LogP contribution < -0.4 is 4.90 Å². The van der Waals surface area contributed by atoms with Crippen molar-refractivity contribution in [3.8, 4) is 0 Å². The minimum atomic E-state index is 0. The van der Waals surface area contributed by atoms with E-state index in [0.29, 0.717) is 6.42 Å². The molecule has 3 aromatic rings. The number of aliphatic imine (C=N–C) groups is 1. The monoisotopic (exact) mass is 503 g/mol. The molecule has 6 nitrogen and oxygen atoms in total. The van der Waals surface area contributed by atoms with Crippen LogP contribution in [0.2, 0.25) is 0 Å². The number of allylic oxidation sites excluding steroid dienone is 2. The van der Waals surface area contributed by atoms with Crippen LogP contribution in [0.1, 0.15) is 42.5 Å². The highest BCUT2D eigenvalue weighted by atomic mass is 19.0.